The highest BCUT2D eigenvalue weighted by molar-refractivity contribution is 6.37. The number of halogens is 2. The number of aromatic hydroxyl groups is 1. The van der Waals surface area contributed by atoms with Gasteiger partial charge in [0.05, 0.1) is 11.1 Å². The largest absolute Gasteiger partial charge is 0.507 e. The minimum absolute atomic E-state index is 0.131. The molecular formula is C27H24Cl2N2O3. The Hall–Kier alpha value is -2.99. The molecule has 34 heavy (non-hydrogen) atoms. The molecule has 1 fully saturated rings. The van der Waals surface area contributed by atoms with Crippen molar-refractivity contribution in [2.45, 2.75) is 13.5 Å². The van der Waals surface area contributed by atoms with Gasteiger partial charge in [-0.3, -0.25) is 9.69 Å². The van der Waals surface area contributed by atoms with Gasteiger partial charge in [0.2, 0.25) is 5.78 Å². The van der Waals surface area contributed by atoms with E-state index < -0.39 is 0 Å². The van der Waals surface area contributed by atoms with Crippen molar-refractivity contribution >= 4 is 40.7 Å². The molecule has 0 atom stereocenters. The topological polar surface area (TPSA) is 53.0 Å². The lowest BCUT2D eigenvalue weighted by Gasteiger charge is -2.36. The van der Waals surface area contributed by atoms with Crippen LogP contribution in [-0.2, 0) is 6.54 Å². The summed E-state index contributed by atoms with van der Waals surface area (Å²) in [7, 11) is 0. The standard InChI is InChI=1S/C27H24Cl2N2O3/c1-17-14-23(32)20(16-30-10-12-31(13-11-30)18-6-3-2-4-7-18)27-25(17)26(33)24(34-27)15-19-21(28)8-5-9-22(19)29/h2-9,14-15,32H,10-13,16H2,1H3/b24-15-. The average Bonchev–Trinajstić information content (AvgIpc) is 3.16. The number of benzene rings is 3. The van der Waals surface area contributed by atoms with E-state index in [1.54, 1.807) is 37.3 Å². The second-order valence-corrected chi connectivity index (χ2v) is 9.38. The number of ether oxygens (including phenoxy) is 1. The first kappa shape index (κ1) is 22.8. The highest BCUT2D eigenvalue weighted by atomic mass is 35.5. The van der Waals surface area contributed by atoms with Crippen molar-refractivity contribution in [1.82, 2.24) is 4.90 Å². The number of phenolic OH excluding ortho intramolecular Hbond substituents is 1. The third-order valence-corrected chi connectivity index (χ3v) is 7.03. The number of piperazine rings is 1. The van der Waals surface area contributed by atoms with Gasteiger partial charge in [0.15, 0.2) is 5.76 Å². The number of rotatable bonds is 4. The fourth-order valence-electron chi connectivity index (χ4n) is 4.54. The molecule has 0 spiro atoms. The fourth-order valence-corrected chi connectivity index (χ4v) is 5.05. The average molecular weight is 495 g/mol. The number of hydrogen-bond donors (Lipinski definition) is 1. The molecule has 5 rings (SSSR count). The number of carbonyl (C=O) groups excluding carboxylic acids is 1. The van der Waals surface area contributed by atoms with Crippen molar-refractivity contribution in [1.29, 1.82) is 0 Å². The first-order valence-corrected chi connectivity index (χ1v) is 11.9. The van der Waals surface area contributed by atoms with Crippen molar-refractivity contribution in [3.05, 3.63) is 92.7 Å². The van der Waals surface area contributed by atoms with E-state index >= 15 is 0 Å². The number of anilines is 1. The van der Waals surface area contributed by atoms with Crippen LogP contribution in [0.3, 0.4) is 0 Å². The smallest absolute Gasteiger partial charge is 0.232 e. The van der Waals surface area contributed by atoms with Crippen LogP contribution in [0.4, 0.5) is 5.69 Å². The van der Waals surface area contributed by atoms with Crippen molar-refractivity contribution in [2.24, 2.45) is 0 Å². The number of phenols is 1. The molecule has 3 aromatic rings. The van der Waals surface area contributed by atoms with E-state index in [1.165, 1.54) is 5.69 Å². The monoisotopic (exact) mass is 494 g/mol. The highest BCUT2D eigenvalue weighted by Crippen LogP contribution is 2.43. The van der Waals surface area contributed by atoms with Gasteiger partial charge >= 0.3 is 0 Å². The SMILES string of the molecule is Cc1cc(O)c(CN2CCN(c3ccccc3)CC2)c2c1C(=O)/C(=C/c1c(Cl)cccc1Cl)O2. The van der Waals surface area contributed by atoms with Crippen LogP contribution in [0.25, 0.3) is 6.08 Å². The number of aryl methyl sites for hydroxylation is 1. The Labute approximate surface area is 208 Å². The molecule has 0 aromatic heterocycles. The summed E-state index contributed by atoms with van der Waals surface area (Å²) in [6.45, 7) is 5.73. The molecule has 2 heterocycles. The Morgan fingerprint density at radius 3 is 2.35 bits per heavy atom. The van der Waals surface area contributed by atoms with Gasteiger partial charge < -0.3 is 14.7 Å². The summed E-state index contributed by atoms with van der Waals surface area (Å²) < 4.78 is 6.06. The van der Waals surface area contributed by atoms with Crippen LogP contribution >= 0.6 is 23.2 Å². The summed E-state index contributed by atoms with van der Waals surface area (Å²) in [4.78, 5) is 17.8. The fraction of sp³-hybridized carbons (Fsp3) is 0.222. The van der Waals surface area contributed by atoms with Crippen molar-refractivity contribution in [3.8, 4) is 11.5 Å². The Morgan fingerprint density at radius 1 is 1.00 bits per heavy atom. The number of ketones is 1. The molecule has 0 bridgehead atoms. The quantitative estimate of drug-likeness (QED) is 0.454. The van der Waals surface area contributed by atoms with Crippen molar-refractivity contribution in [3.63, 3.8) is 0 Å². The normalized spacial score (nSPS) is 17.2. The Kier molecular flexibility index (Phi) is 6.26. The molecule has 0 aliphatic carbocycles. The summed E-state index contributed by atoms with van der Waals surface area (Å²) in [6, 6.07) is 17.2. The third-order valence-electron chi connectivity index (χ3n) is 6.37. The number of Topliss-reactive ketones (excluding diaryl/α,β-unsaturated/α-hetero) is 1. The molecule has 1 N–H and O–H groups in total. The molecule has 0 saturated carbocycles. The minimum Gasteiger partial charge on any atom is -0.507 e. The zero-order valence-electron chi connectivity index (χ0n) is 18.7. The Morgan fingerprint density at radius 2 is 1.68 bits per heavy atom. The van der Waals surface area contributed by atoms with Crippen molar-refractivity contribution < 1.29 is 14.6 Å². The van der Waals surface area contributed by atoms with Crippen LogP contribution in [0.15, 0.2) is 60.4 Å². The maximum atomic E-state index is 13.2. The van der Waals surface area contributed by atoms with Gasteiger partial charge in [0.25, 0.3) is 0 Å². The van der Waals surface area contributed by atoms with Crippen LogP contribution in [-0.4, -0.2) is 42.0 Å². The second kappa shape index (κ2) is 9.34. The Balaban J connectivity index is 1.40. The van der Waals surface area contributed by atoms with Crippen LogP contribution < -0.4 is 9.64 Å². The second-order valence-electron chi connectivity index (χ2n) is 8.57. The van der Waals surface area contributed by atoms with E-state index in [4.69, 9.17) is 27.9 Å². The van der Waals surface area contributed by atoms with E-state index in [1.807, 2.05) is 18.2 Å². The molecule has 2 aliphatic rings. The summed E-state index contributed by atoms with van der Waals surface area (Å²) in [6.07, 6.45) is 1.58. The molecule has 2 aliphatic heterocycles. The number of carbonyl (C=O) groups is 1. The predicted octanol–water partition coefficient (Wildman–Crippen LogP) is 5.95. The lowest BCUT2D eigenvalue weighted by Crippen LogP contribution is -2.46. The van der Waals surface area contributed by atoms with E-state index in [-0.39, 0.29) is 17.3 Å². The number of nitrogens with zero attached hydrogens (tertiary/aromatic N) is 2. The summed E-state index contributed by atoms with van der Waals surface area (Å²) >= 11 is 12.6. The van der Waals surface area contributed by atoms with Gasteiger partial charge in [-0.05, 0) is 48.9 Å². The molecule has 3 aromatic carbocycles. The first-order valence-electron chi connectivity index (χ1n) is 11.2. The molecule has 0 amide bonds. The highest BCUT2D eigenvalue weighted by Gasteiger charge is 2.34. The minimum atomic E-state index is -0.237. The molecule has 7 heteroatoms. The zero-order valence-corrected chi connectivity index (χ0v) is 20.2. The molecule has 1 saturated heterocycles. The van der Waals surface area contributed by atoms with Crippen LogP contribution in [0.1, 0.15) is 27.0 Å². The van der Waals surface area contributed by atoms with Gasteiger partial charge in [0, 0.05) is 54.0 Å². The van der Waals surface area contributed by atoms with Gasteiger partial charge in [-0.15, -0.1) is 0 Å². The van der Waals surface area contributed by atoms with Crippen LogP contribution in [0, 0.1) is 6.92 Å². The lowest BCUT2D eigenvalue weighted by molar-refractivity contribution is 0.101. The van der Waals surface area contributed by atoms with Crippen LogP contribution in [0.5, 0.6) is 11.5 Å². The number of hydrogen-bond acceptors (Lipinski definition) is 5. The number of para-hydroxylation sites is 1. The van der Waals surface area contributed by atoms with E-state index in [0.717, 1.165) is 26.2 Å². The molecule has 0 radical (unpaired) electrons. The van der Waals surface area contributed by atoms with Gasteiger partial charge in [0.1, 0.15) is 11.5 Å². The first-order chi connectivity index (χ1) is 16.4. The molecule has 5 nitrogen and oxygen atoms in total. The molecule has 0 unspecified atom stereocenters. The summed E-state index contributed by atoms with van der Waals surface area (Å²) in [5.41, 5.74) is 3.51. The third kappa shape index (κ3) is 4.27. The number of fused-ring (bicyclic) bond motifs is 1. The maximum absolute atomic E-state index is 13.2. The maximum Gasteiger partial charge on any atom is 0.232 e. The van der Waals surface area contributed by atoms with Crippen molar-refractivity contribution in [2.75, 3.05) is 31.1 Å². The zero-order chi connectivity index (χ0) is 23.8. The van der Waals surface area contributed by atoms with Gasteiger partial charge in [-0.25, -0.2) is 0 Å². The van der Waals surface area contributed by atoms with Crippen LogP contribution in [0.2, 0.25) is 10.0 Å². The van der Waals surface area contributed by atoms with Gasteiger partial charge in [-0.2, -0.15) is 0 Å². The number of allylic oxidation sites excluding steroid dienone is 1. The Bertz CT molecular complexity index is 1260. The van der Waals surface area contributed by atoms with Gasteiger partial charge in [-0.1, -0.05) is 47.5 Å². The summed E-state index contributed by atoms with van der Waals surface area (Å²) in [5, 5.41) is 11.6. The van der Waals surface area contributed by atoms with E-state index in [9.17, 15) is 9.90 Å². The van der Waals surface area contributed by atoms with E-state index in [2.05, 4.69) is 21.9 Å². The van der Waals surface area contributed by atoms with E-state index in [0.29, 0.717) is 44.6 Å². The summed E-state index contributed by atoms with van der Waals surface area (Å²) in [5.74, 6) is 0.460. The molecule has 174 valence electrons. The predicted molar refractivity (Wildman–Crippen MR) is 136 cm³/mol. The molecular weight excluding hydrogens is 471 g/mol. The lowest BCUT2D eigenvalue weighted by atomic mass is 9.99.